The Kier molecular flexibility index (Phi) is 30.8. The van der Waals surface area contributed by atoms with E-state index in [0.29, 0.717) is 0 Å². The zero-order valence-electron chi connectivity index (χ0n) is 1.73. The first kappa shape index (κ1) is 9.14. The fourth-order valence-corrected chi connectivity index (χ4v) is 0. The molecule has 0 aliphatic heterocycles. The second-order valence-corrected chi connectivity index (χ2v) is 0.207. The summed E-state index contributed by atoms with van der Waals surface area (Å²) < 4.78 is 1.72. The Balaban J connectivity index is 0. The number of halogens is 1. The quantitative estimate of drug-likeness (QED) is 0.383. The van der Waals surface area contributed by atoms with E-state index in [1.807, 2.05) is 0 Å². The van der Waals surface area contributed by atoms with E-state index in [4.69, 9.17) is 4.91 Å². The average Bonchev–Trinajstić information content (AvgIpc) is 0.918. The van der Waals surface area contributed by atoms with Gasteiger partial charge in [0.25, 0.3) is 0 Å². The van der Waals surface area contributed by atoms with E-state index in [-0.39, 0.29) is 5.48 Å². The molecular formula is H2ClNO2. The minimum Gasteiger partial charge on any atom is -0.412 e. The SMILES string of the molecule is O.O=NCl. The first-order valence-corrected chi connectivity index (χ1v) is 0.690. The largest absolute Gasteiger partial charge is 0.412 e. The van der Waals surface area contributed by atoms with Crippen molar-refractivity contribution < 1.29 is 5.48 Å². The molecule has 4 heteroatoms. The normalized spacial score (nSPS) is 3.25. The summed E-state index contributed by atoms with van der Waals surface area (Å²) in [5.74, 6) is 0. The molecule has 0 aromatic heterocycles. The van der Waals surface area contributed by atoms with E-state index in [2.05, 4.69) is 11.8 Å². The van der Waals surface area contributed by atoms with Crippen molar-refractivity contribution in [3.05, 3.63) is 4.91 Å². The summed E-state index contributed by atoms with van der Waals surface area (Å²) in [5.41, 5.74) is 0. The topological polar surface area (TPSA) is 60.9 Å². The summed E-state index contributed by atoms with van der Waals surface area (Å²) in [6.45, 7) is 0. The highest BCUT2D eigenvalue weighted by Gasteiger charge is 1.26. The number of nitroso groups, excluding NO2 is 1. The summed E-state index contributed by atoms with van der Waals surface area (Å²) in [5, 5.41) is 0. The summed E-state index contributed by atoms with van der Waals surface area (Å²) in [4.78, 5) is 8.32. The van der Waals surface area contributed by atoms with Crippen LogP contribution >= 0.6 is 11.8 Å². The van der Waals surface area contributed by atoms with E-state index in [9.17, 15) is 0 Å². The third-order valence-electron chi connectivity index (χ3n) is 0. The van der Waals surface area contributed by atoms with E-state index >= 15 is 0 Å². The number of rotatable bonds is 0. The monoisotopic (exact) mass is 83.0 g/mol. The minimum absolute atomic E-state index is 0. The minimum atomic E-state index is 0. The van der Waals surface area contributed by atoms with Crippen molar-refractivity contribution >= 4 is 11.8 Å². The molecule has 0 spiro atoms. The smallest absolute Gasteiger partial charge is 0.0835 e. The lowest BCUT2D eigenvalue weighted by atomic mass is 13.7. The van der Waals surface area contributed by atoms with Crippen molar-refractivity contribution in [2.75, 3.05) is 0 Å². The van der Waals surface area contributed by atoms with Gasteiger partial charge in [0, 0.05) is 4.70 Å². The van der Waals surface area contributed by atoms with Crippen LogP contribution in [-0.2, 0) is 0 Å². The fourth-order valence-electron chi connectivity index (χ4n) is 0. The van der Waals surface area contributed by atoms with Crippen LogP contribution in [0.4, 0.5) is 0 Å². The lowest BCUT2D eigenvalue weighted by Crippen LogP contribution is -0.941. The van der Waals surface area contributed by atoms with Gasteiger partial charge < -0.3 is 5.48 Å². The Morgan fingerprint density at radius 3 is 1.75 bits per heavy atom. The number of nitrogens with zero attached hydrogens (tertiary/aromatic N) is 1. The van der Waals surface area contributed by atoms with Crippen LogP contribution in [0.25, 0.3) is 0 Å². The van der Waals surface area contributed by atoms with E-state index in [0.717, 1.165) is 0 Å². The van der Waals surface area contributed by atoms with Crippen molar-refractivity contribution in [2.45, 2.75) is 0 Å². The van der Waals surface area contributed by atoms with Crippen LogP contribution in [0.15, 0.2) is 4.70 Å². The molecule has 3 nitrogen and oxygen atoms in total. The van der Waals surface area contributed by atoms with Gasteiger partial charge in [-0.1, -0.05) is 0 Å². The van der Waals surface area contributed by atoms with Gasteiger partial charge in [-0.3, -0.25) is 0 Å². The summed E-state index contributed by atoms with van der Waals surface area (Å²) in [6, 6.07) is 0. The van der Waals surface area contributed by atoms with Crippen molar-refractivity contribution in [3.8, 4) is 0 Å². The van der Waals surface area contributed by atoms with Gasteiger partial charge in [-0.05, 0) is 0 Å². The van der Waals surface area contributed by atoms with Crippen molar-refractivity contribution in [2.24, 2.45) is 4.70 Å². The second kappa shape index (κ2) is 13.5. The summed E-state index contributed by atoms with van der Waals surface area (Å²) >= 11 is 4.07. The lowest BCUT2D eigenvalue weighted by Gasteiger charge is -1.20. The van der Waals surface area contributed by atoms with E-state index < -0.39 is 0 Å². The van der Waals surface area contributed by atoms with Crippen molar-refractivity contribution in [1.82, 2.24) is 0 Å². The molecule has 2 N–H and O–H groups in total. The Labute approximate surface area is 28.0 Å². The molecule has 0 amide bonds. The summed E-state index contributed by atoms with van der Waals surface area (Å²) in [6.07, 6.45) is 0. The van der Waals surface area contributed by atoms with Gasteiger partial charge >= 0.3 is 0 Å². The van der Waals surface area contributed by atoms with Gasteiger partial charge in [-0.2, -0.15) is 0 Å². The molecule has 0 bridgehead atoms. The molecule has 26 valence electrons. The van der Waals surface area contributed by atoms with Crippen LogP contribution in [0.1, 0.15) is 0 Å². The molecule has 0 atom stereocenters. The molecule has 0 aromatic rings. The Morgan fingerprint density at radius 1 is 1.75 bits per heavy atom. The Morgan fingerprint density at radius 2 is 1.75 bits per heavy atom. The first-order chi connectivity index (χ1) is 1.41. The van der Waals surface area contributed by atoms with Gasteiger partial charge in [0.05, 0.1) is 11.8 Å². The molecule has 0 radical (unpaired) electrons. The fraction of sp³-hybridized carbons (Fsp3) is 0. The molecule has 0 rings (SSSR count). The maximum absolute atomic E-state index is 8.32. The van der Waals surface area contributed by atoms with Crippen LogP contribution in [0.2, 0.25) is 0 Å². The number of hydrogen-bond donors (Lipinski definition) is 0. The van der Waals surface area contributed by atoms with Gasteiger partial charge in [0.1, 0.15) is 0 Å². The maximum atomic E-state index is 8.32. The molecule has 4 heavy (non-hydrogen) atoms. The predicted molar refractivity (Wildman–Crippen MR) is 15.3 cm³/mol. The van der Waals surface area contributed by atoms with Crippen LogP contribution in [0.3, 0.4) is 0 Å². The summed E-state index contributed by atoms with van der Waals surface area (Å²) in [7, 11) is 0. The van der Waals surface area contributed by atoms with Crippen LogP contribution in [0, 0.1) is 4.91 Å². The highest BCUT2D eigenvalue weighted by molar-refractivity contribution is 6.14. The van der Waals surface area contributed by atoms with Gasteiger partial charge in [0.15, 0.2) is 0 Å². The third-order valence-corrected chi connectivity index (χ3v) is 0. The second-order valence-electron chi connectivity index (χ2n) is 0.0690. The molecule has 0 unspecified atom stereocenters. The number of hydrogen-bond acceptors (Lipinski definition) is 2. The van der Waals surface area contributed by atoms with Gasteiger partial charge in [-0.15, -0.1) is 4.91 Å². The highest BCUT2D eigenvalue weighted by atomic mass is 35.5. The maximum Gasteiger partial charge on any atom is 0.0835 e. The molecular weight excluding hydrogens is 81.5 g/mol. The van der Waals surface area contributed by atoms with Crippen LogP contribution < -0.4 is 0 Å². The molecule has 0 aromatic carbocycles. The standard InChI is InChI=1S/ClNO.H2O/c1-2-3;/h;1H2. The van der Waals surface area contributed by atoms with Crippen LogP contribution in [0.5, 0.6) is 0 Å². The molecule has 0 heterocycles. The van der Waals surface area contributed by atoms with E-state index in [1.165, 1.54) is 0 Å². The first-order valence-electron chi connectivity index (χ1n) is 0.352. The average molecular weight is 83.5 g/mol. The van der Waals surface area contributed by atoms with Crippen LogP contribution in [-0.4, -0.2) is 5.48 Å². The van der Waals surface area contributed by atoms with Gasteiger partial charge in [-0.25, -0.2) is 0 Å². The highest BCUT2D eigenvalue weighted by Crippen LogP contribution is 1.60. The molecule has 0 aliphatic carbocycles. The molecule has 0 saturated carbocycles. The predicted octanol–water partition coefficient (Wildman–Crippen LogP) is 0.0819. The molecule has 0 saturated heterocycles. The lowest BCUT2D eigenvalue weighted by molar-refractivity contribution is 0.824. The molecule has 0 fully saturated rings. The van der Waals surface area contributed by atoms with Gasteiger partial charge in [0.2, 0.25) is 0 Å². The van der Waals surface area contributed by atoms with E-state index in [1.54, 1.807) is 4.70 Å². The third kappa shape index (κ3) is 59.4. The zero-order chi connectivity index (χ0) is 2.71. The van der Waals surface area contributed by atoms with Crippen molar-refractivity contribution in [1.29, 1.82) is 0 Å². The molecule has 0 aliphatic rings. The Bertz CT molecular complexity index is 13.5. The zero-order valence-corrected chi connectivity index (χ0v) is 2.49. The van der Waals surface area contributed by atoms with Crippen molar-refractivity contribution in [3.63, 3.8) is 0 Å². The Hall–Kier alpha value is -0.150.